The van der Waals surface area contributed by atoms with E-state index in [9.17, 15) is 9.59 Å². The lowest BCUT2D eigenvalue weighted by molar-refractivity contribution is -0.119. The summed E-state index contributed by atoms with van der Waals surface area (Å²) >= 11 is 0. The van der Waals surface area contributed by atoms with Gasteiger partial charge in [-0.1, -0.05) is 96.8 Å². The molecular weight excluding hydrogens is 296 g/mol. The van der Waals surface area contributed by atoms with Crippen molar-refractivity contribution in [3.63, 3.8) is 0 Å². The van der Waals surface area contributed by atoms with Crippen LogP contribution in [-0.4, -0.2) is 12.1 Å². The highest BCUT2D eigenvalue weighted by Gasteiger charge is 2.01. The van der Waals surface area contributed by atoms with E-state index in [0.717, 1.165) is 25.5 Å². The molecule has 2 heteroatoms. The van der Waals surface area contributed by atoms with E-state index in [0.29, 0.717) is 18.6 Å². The Hall–Kier alpha value is -0.660. The lowest BCUT2D eigenvalue weighted by Gasteiger charge is -2.03. The van der Waals surface area contributed by atoms with Crippen molar-refractivity contribution in [2.24, 2.45) is 0 Å². The van der Waals surface area contributed by atoms with E-state index in [4.69, 9.17) is 0 Å². The molecule has 24 heavy (non-hydrogen) atoms. The molecule has 0 aliphatic rings. The highest BCUT2D eigenvalue weighted by molar-refractivity contribution is 5.78. The average Bonchev–Trinajstić information content (AvgIpc) is 2.58. The van der Waals surface area contributed by atoms with Gasteiger partial charge in [0.05, 0.1) is 0 Å². The van der Waals surface area contributed by atoms with Crippen LogP contribution < -0.4 is 0 Å². The van der Waals surface area contributed by atoms with Crippen LogP contribution in [0, 0.1) is 0 Å². The van der Waals surface area contributed by atoms with Crippen molar-refractivity contribution < 1.29 is 9.59 Å². The van der Waals surface area contributed by atoms with Crippen LogP contribution in [0.3, 0.4) is 0 Å². The predicted octanol–water partition coefficient (Wildman–Crippen LogP) is 7.19. The predicted molar refractivity (Wildman–Crippen MR) is 104 cm³/mol. The summed E-state index contributed by atoms with van der Waals surface area (Å²) < 4.78 is 0. The van der Waals surface area contributed by atoms with Crippen molar-refractivity contribution in [2.75, 3.05) is 0 Å². The molecule has 0 heterocycles. The van der Waals surface area contributed by atoms with Gasteiger partial charge in [-0.25, -0.2) is 0 Å². The molecule has 142 valence electrons. The molecule has 0 aromatic rings. The molecule has 0 rings (SSSR count). The van der Waals surface area contributed by atoms with Gasteiger partial charge in [0.2, 0.25) is 0 Å². The lowest BCUT2D eigenvalue weighted by atomic mass is 10.0. The van der Waals surface area contributed by atoms with Gasteiger partial charge in [-0.2, -0.15) is 0 Å². The van der Waals surface area contributed by atoms with Gasteiger partial charge in [-0.3, -0.25) is 4.79 Å². The van der Waals surface area contributed by atoms with Crippen molar-refractivity contribution in [1.29, 1.82) is 0 Å². The van der Waals surface area contributed by atoms with Crippen LogP contribution in [0.5, 0.6) is 0 Å². The smallest absolute Gasteiger partial charge is 0.132 e. The zero-order valence-corrected chi connectivity index (χ0v) is 16.3. The third-order valence-corrected chi connectivity index (χ3v) is 4.84. The zero-order valence-electron chi connectivity index (χ0n) is 16.3. The van der Waals surface area contributed by atoms with Gasteiger partial charge in [0.1, 0.15) is 12.1 Å². The molecule has 0 saturated heterocycles. The molecule has 0 N–H and O–H groups in total. The number of rotatable bonds is 20. The third kappa shape index (κ3) is 19.4. The Morgan fingerprint density at radius 2 is 0.958 bits per heavy atom. The molecule has 0 bridgehead atoms. The maximum absolute atomic E-state index is 11.5. The Morgan fingerprint density at radius 1 is 0.583 bits per heavy atom. The normalized spacial score (nSPS) is 10.9. The molecule has 0 saturated carbocycles. The summed E-state index contributed by atoms with van der Waals surface area (Å²) in [7, 11) is 0. The van der Waals surface area contributed by atoms with Crippen LogP contribution in [0.25, 0.3) is 0 Å². The largest absolute Gasteiger partial charge is 0.303 e. The number of unbranched alkanes of at least 4 members (excludes halogenated alkanes) is 15. The fraction of sp³-hybridized carbons (Fsp3) is 0.909. The minimum absolute atomic E-state index is 0.339. The SMILES string of the molecule is CCCCCCCCCCCCCCCCCC(=O)CCCC=O. The highest BCUT2D eigenvalue weighted by atomic mass is 16.1. The van der Waals surface area contributed by atoms with Crippen molar-refractivity contribution in [3.8, 4) is 0 Å². The summed E-state index contributed by atoms with van der Waals surface area (Å²) in [5.74, 6) is 0.339. The van der Waals surface area contributed by atoms with Gasteiger partial charge in [-0.05, 0) is 12.8 Å². The second-order valence-corrected chi connectivity index (χ2v) is 7.30. The maximum Gasteiger partial charge on any atom is 0.132 e. The standard InChI is InChI=1S/C22H42O2/c1-2-3-4-5-6-7-8-9-10-11-12-13-14-15-16-19-22(24)20-17-18-21-23/h21H,2-20H2,1H3. The molecule has 0 atom stereocenters. The van der Waals surface area contributed by atoms with E-state index >= 15 is 0 Å². The first kappa shape index (κ1) is 23.3. The summed E-state index contributed by atoms with van der Waals surface area (Å²) in [5.41, 5.74) is 0. The molecule has 0 radical (unpaired) electrons. The van der Waals surface area contributed by atoms with Crippen LogP contribution in [0.1, 0.15) is 129 Å². The number of carbonyl (C=O) groups excluding carboxylic acids is 2. The van der Waals surface area contributed by atoms with Gasteiger partial charge in [-0.15, -0.1) is 0 Å². The van der Waals surface area contributed by atoms with Crippen LogP contribution in [0.15, 0.2) is 0 Å². The van der Waals surface area contributed by atoms with Crippen molar-refractivity contribution in [1.82, 2.24) is 0 Å². The number of aldehydes is 1. The molecule has 2 nitrogen and oxygen atoms in total. The molecular formula is C22H42O2. The van der Waals surface area contributed by atoms with E-state index in [1.54, 1.807) is 0 Å². The maximum atomic E-state index is 11.5. The summed E-state index contributed by atoms with van der Waals surface area (Å²) in [6.07, 6.45) is 23.8. The van der Waals surface area contributed by atoms with Gasteiger partial charge >= 0.3 is 0 Å². The van der Waals surface area contributed by atoms with E-state index in [-0.39, 0.29) is 0 Å². The van der Waals surface area contributed by atoms with E-state index in [1.807, 2.05) is 0 Å². The second-order valence-electron chi connectivity index (χ2n) is 7.30. The number of hydrogen-bond acceptors (Lipinski definition) is 2. The van der Waals surface area contributed by atoms with Gasteiger partial charge in [0, 0.05) is 19.3 Å². The van der Waals surface area contributed by atoms with Crippen molar-refractivity contribution >= 4 is 12.1 Å². The molecule has 0 aliphatic carbocycles. The van der Waals surface area contributed by atoms with E-state index in [1.165, 1.54) is 89.9 Å². The first-order valence-corrected chi connectivity index (χ1v) is 10.8. The second kappa shape index (κ2) is 20.4. The fourth-order valence-corrected chi connectivity index (χ4v) is 3.20. The van der Waals surface area contributed by atoms with Crippen molar-refractivity contribution in [2.45, 2.75) is 129 Å². The first-order valence-electron chi connectivity index (χ1n) is 10.8. The van der Waals surface area contributed by atoms with Crippen LogP contribution in [0.2, 0.25) is 0 Å². The Balaban J connectivity index is 3.07. The Labute approximate surface area is 151 Å². The van der Waals surface area contributed by atoms with E-state index in [2.05, 4.69) is 6.92 Å². The molecule has 0 amide bonds. The quantitative estimate of drug-likeness (QED) is 0.174. The first-order chi connectivity index (χ1) is 11.8. The highest BCUT2D eigenvalue weighted by Crippen LogP contribution is 2.14. The Kier molecular flexibility index (Phi) is 19.8. The van der Waals surface area contributed by atoms with Gasteiger partial charge in [0.25, 0.3) is 0 Å². The summed E-state index contributed by atoms with van der Waals surface area (Å²) in [4.78, 5) is 21.7. The van der Waals surface area contributed by atoms with Crippen molar-refractivity contribution in [3.05, 3.63) is 0 Å². The molecule has 0 unspecified atom stereocenters. The molecule has 0 fully saturated rings. The monoisotopic (exact) mass is 338 g/mol. The minimum Gasteiger partial charge on any atom is -0.303 e. The number of ketones is 1. The number of carbonyl (C=O) groups is 2. The topological polar surface area (TPSA) is 34.1 Å². The fourth-order valence-electron chi connectivity index (χ4n) is 3.20. The minimum atomic E-state index is 0.339. The number of hydrogen-bond donors (Lipinski definition) is 0. The van der Waals surface area contributed by atoms with Gasteiger partial charge in [0.15, 0.2) is 0 Å². The molecule has 0 spiro atoms. The Morgan fingerprint density at radius 3 is 1.38 bits per heavy atom. The summed E-state index contributed by atoms with van der Waals surface area (Å²) in [6.45, 7) is 2.28. The van der Waals surface area contributed by atoms with E-state index < -0.39 is 0 Å². The summed E-state index contributed by atoms with van der Waals surface area (Å²) in [5, 5.41) is 0. The van der Waals surface area contributed by atoms with Crippen LogP contribution in [0.4, 0.5) is 0 Å². The average molecular weight is 339 g/mol. The lowest BCUT2D eigenvalue weighted by Crippen LogP contribution is -1.97. The van der Waals surface area contributed by atoms with Crippen LogP contribution >= 0.6 is 0 Å². The molecule has 0 aliphatic heterocycles. The zero-order chi connectivity index (χ0) is 17.7. The molecule has 0 aromatic carbocycles. The Bertz CT molecular complexity index is 273. The number of Topliss-reactive ketones (excluding diaryl/α,β-unsaturated/α-hetero) is 1. The summed E-state index contributed by atoms with van der Waals surface area (Å²) in [6, 6.07) is 0. The third-order valence-electron chi connectivity index (χ3n) is 4.84. The molecule has 0 aromatic heterocycles. The van der Waals surface area contributed by atoms with Gasteiger partial charge < -0.3 is 4.79 Å². The van der Waals surface area contributed by atoms with Crippen LogP contribution in [-0.2, 0) is 9.59 Å².